The summed E-state index contributed by atoms with van der Waals surface area (Å²) in [5, 5.41) is 6.08. The minimum atomic E-state index is -1.13. The van der Waals surface area contributed by atoms with E-state index in [1.807, 2.05) is 48.5 Å². The number of carbonyl (C=O) groups is 3. The zero-order valence-electron chi connectivity index (χ0n) is 17.4. The highest BCUT2D eigenvalue weighted by Gasteiger charge is 2.27. The van der Waals surface area contributed by atoms with Gasteiger partial charge in [-0.05, 0) is 11.1 Å². The van der Waals surface area contributed by atoms with E-state index in [0.29, 0.717) is 5.56 Å². The highest BCUT2D eigenvalue weighted by Crippen LogP contribution is 2.20. The molecule has 1 N–H and O–H groups in total. The Morgan fingerprint density at radius 3 is 2.12 bits per heavy atom. The number of alkyl carbamates (subject to hydrolysis) is 1. The standard InChI is InChI=1S/C23H22N2O7/c1-16(26)31-22-19(13-24-32-22)12-20(21(27)29-14-17-8-4-2-5-9-17)25-23(28)30-15-18-10-6-3-7-11-18/h2-11,13,20H,12,14-15H2,1H3,(H,25,28)/t20-/m0/s1. The van der Waals surface area contributed by atoms with Crippen molar-refractivity contribution in [1.82, 2.24) is 10.5 Å². The summed E-state index contributed by atoms with van der Waals surface area (Å²) in [6, 6.07) is 17.1. The van der Waals surface area contributed by atoms with Crippen LogP contribution in [0.5, 0.6) is 5.95 Å². The second kappa shape index (κ2) is 11.3. The Morgan fingerprint density at radius 1 is 0.938 bits per heavy atom. The molecule has 1 atom stereocenters. The van der Waals surface area contributed by atoms with Crippen LogP contribution in [0.4, 0.5) is 4.79 Å². The second-order valence-corrected chi connectivity index (χ2v) is 6.79. The molecule has 0 radical (unpaired) electrons. The van der Waals surface area contributed by atoms with Gasteiger partial charge >= 0.3 is 24.0 Å². The zero-order chi connectivity index (χ0) is 22.8. The average molecular weight is 438 g/mol. The average Bonchev–Trinajstić information content (AvgIpc) is 3.22. The van der Waals surface area contributed by atoms with Crippen LogP contribution < -0.4 is 10.1 Å². The molecule has 2 aromatic carbocycles. The number of aromatic nitrogens is 1. The highest BCUT2D eigenvalue weighted by atomic mass is 16.6. The van der Waals surface area contributed by atoms with Gasteiger partial charge in [-0.2, -0.15) is 0 Å². The Hall–Kier alpha value is -4.14. The van der Waals surface area contributed by atoms with Gasteiger partial charge in [-0.25, -0.2) is 9.59 Å². The van der Waals surface area contributed by atoms with Crippen molar-refractivity contribution in [2.24, 2.45) is 0 Å². The number of carbonyl (C=O) groups excluding carboxylic acids is 3. The molecule has 3 rings (SSSR count). The fourth-order valence-electron chi connectivity index (χ4n) is 2.75. The van der Waals surface area contributed by atoms with Crippen LogP contribution in [0.2, 0.25) is 0 Å². The molecule has 0 unspecified atom stereocenters. The molecule has 0 aliphatic rings. The van der Waals surface area contributed by atoms with Crippen LogP contribution in [0.15, 0.2) is 71.4 Å². The van der Waals surface area contributed by atoms with Gasteiger partial charge in [0, 0.05) is 13.3 Å². The third-order valence-corrected chi connectivity index (χ3v) is 4.28. The molecule has 9 heteroatoms. The van der Waals surface area contributed by atoms with Crippen molar-refractivity contribution in [2.45, 2.75) is 32.6 Å². The van der Waals surface area contributed by atoms with Gasteiger partial charge in [0.1, 0.15) is 19.3 Å². The number of hydrogen-bond donors (Lipinski definition) is 1. The number of esters is 2. The third-order valence-electron chi connectivity index (χ3n) is 4.28. The van der Waals surface area contributed by atoms with Gasteiger partial charge in [-0.15, -0.1) is 0 Å². The monoisotopic (exact) mass is 438 g/mol. The van der Waals surface area contributed by atoms with Gasteiger partial charge < -0.3 is 24.1 Å². The number of nitrogens with zero attached hydrogens (tertiary/aromatic N) is 1. The molecule has 166 valence electrons. The van der Waals surface area contributed by atoms with E-state index in [-0.39, 0.29) is 25.6 Å². The first-order chi connectivity index (χ1) is 15.5. The Balaban J connectivity index is 1.66. The molecule has 1 heterocycles. The molecule has 0 saturated heterocycles. The molecule has 0 bridgehead atoms. The van der Waals surface area contributed by atoms with Crippen molar-refractivity contribution in [3.05, 3.63) is 83.6 Å². The van der Waals surface area contributed by atoms with E-state index in [1.165, 1.54) is 13.1 Å². The van der Waals surface area contributed by atoms with Gasteiger partial charge in [0.15, 0.2) is 0 Å². The van der Waals surface area contributed by atoms with Gasteiger partial charge in [0.25, 0.3) is 0 Å². The molecule has 0 aliphatic heterocycles. The predicted molar refractivity (Wildman–Crippen MR) is 111 cm³/mol. The van der Waals surface area contributed by atoms with Crippen LogP contribution in [-0.4, -0.2) is 29.2 Å². The van der Waals surface area contributed by atoms with Crippen molar-refractivity contribution >= 4 is 18.0 Å². The summed E-state index contributed by atoms with van der Waals surface area (Å²) < 4.78 is 20.4. The van der Waals surface area contributed by atoms with Crippen LogP contribution >= 0.6 is 0 Å². The quantitative estimate of drug-likeness (QED) is 0.506. The van der Waals surface area contributed by atoms with Gasteiger partial charge in [-0.3, -0.25) is 4.79 Å². The Labute approximate surface area is 184 Å². The summed E-state index contributed by atoms with van der Waals surface area (Å²) >= 11 is 0. The molecule has 1 amide bonds. The molecule has 3 aromatic rings. The second-order valence-electron chi connectivity index (χ2n) is 6.79. The normalized spacial score (nSPS) is 11.3. The van der Waals surface area contributed by atoms with Crippen molar-refractivity contribution in [3.63, 3.8) is 0 Å². The molecule has 0 fully saturated rings. The number of rotatable bonds is 9. The highest BCUT2D eigenvalue weighted by molar-refractivity contribution is 5.81. The van der Waals surface area contributed by atoms with Crippen LogP contribution in [0.3, 0.4) is 0 Å². The summed E-state index contributed by atoms with van der Waals surface area (Å²) in [5.74, 6) is -1.46. The van der Waals surface area contributed by atoms with Crippen molar-refractivity contribution in [3.8, 4) is 5.95 Å². The molecular formula is C23H22N2O7. The van der Waals surface area contributed by atoms with E-state index >= 15 is 0 Å². The number of nitrogens with one attached hydrogen (secondary N) is 1. The summed E-state index contributed by atoms with van der Waals surface area (Å²) in [4.78, 5) is 36.3. The summed E-state index contributed by atoms with van der Waals surface area (Å²) in [5.41, 5.74) is 1.89. The molecule has 1 aromatic heterocycles. The largest absolute Gasteiger partial charge is 0.459 e. The van der Waals surface area contributed by atoms with Crippen LogP contribution in [0, 0.1) is 0 Å². The summed E-state index contributed by atoms with van der Waals surface area (Å²) in [6.07, 6.45) is 0.411. The van der Waals surface area contributed by atoms with Crippen LogP contribution in [0.1, 0.15) is 23.6 Å². The van der Waals surface area contributed by atoms with E-state index in [1.54, 1.807) is 12.1 Å². The van der Waals surface area contributed by atoms with Crippen LogP contribution in [-0.2, 0) is 38.7 Å². The maximum atomic E-state index is 12.7. The first kappa shape index (κ1) is 22.5. The molecule has 0 aliphatic carbocycles. The number of amides is 1. The predicted octanol–water partition coefficient (Wildman–Crippen LogP) is 3.18. The van der Waals surface area contributed by atoms with E-state index < -0.39 is 24.1 Å². The first-order valence-electron chi connectivity index (χ1n) is 9.81. The van der Waals surface area contributed by atoms with Crippen molar-refractivity contribution < 1.29 is 33.1 Å². The SMILES string of the molecule is CC(=O)Oc1oncc1C[C@H](NC(=O)OCc1ccccc1)C(=O)OCc1ccccc1. The summed E-state index contributed by atoms with van der Waals surface area (Å²) in [7, 11) is 0. The fraction of sp³-hybridized carbons (Fsp3) is 0.217. The molecular weight excluding hydrogens is 416 g/mol. The topological polar surface area (TPSA) is 117 Å². The van der Waals surface area contributed by atoms with Crippen LogP contribution in [0.25, 0.3) is 0 Å². The van der Waals surface area contributed by atoms with E-state index in [2.05, 4.69) is 10.5 Å². The van der Waals surface area contributed by atoms with Gasteiger partial charge in [0.05, 0.1) is 11.8 Å². The zero-order valence-corrected chi connectivity index (χ0v) is 17.4. The maximum absolute atomic E-state index is 12.7. The molecule has 9 nitrogen and oxygen atoms in total. The van der Waals surface area contributed by atoms with Gasteiger partial charge in [0.2, 0.25) is 0 Å². The lowest BCUT2D eigenvalue weighted by Gasteiger charge is -2.17. The van der Waals surface area contributed by atoms with E-state index in [0.717, 1.165) is 11.1 Å². The molecule has 0 spiro atoms. The molecule has 32 heavy (non-hydrogen) atoms. The van der Waals surface area contributed by atoms with E-state index in [9.17, 15) is 14.4 Å². The number of ether oxygens (including phenoxy) is 3. The maximum Gasteiger partial charge on any atom is 0.408 e. The smallest absolute Gasteiger partial charge is 0.408 e. The summed E-state index contributed by atoms with van der Waals surface area (Å²) in [6.45, 7) is 1.26. The lowest BCUT2D eigenvalue weighted by atomic mass is 10.1. The minimum Gasteiger partial charge on any atom is -0.459 e. The lowest BCUT2D eigenvalue weighted by Crippen LogP contribution is -2.43. The van der Waals surface area contributed by atoms with Crippen molar-refractivity contribution in [1.29, 1.82) is 0 Å². The molecule has 0 saturated carbocycles. The minimum absolute atomic E-state index is 0.0252. The lowest BCUT2D eigenvalue weighted by molar-refractivity contribution is -0.147. The Morgan fingerprint density at radius 2 is 1.53 bits per heavy atom. The fourth-order valence-corrected chi connectivity index (χ4v) is 2.75. The Kier molecular flexibility index (Phi) is 7.96. The third kappa shape index (κ3) is 6.98. The first-order valence-corrected chi connectivity index (χ1v) is 9.81. The Bertz CT molecular complexity index is 1030. The van der Waals surface area contributed by atoms with Gasteiger partial charge in [-0.1, -0.05) is 65.8 Å². The van der Waals surface area contributed by atoms with E-state index in [4.69, 9.17) is 18.7 Å². The number of benzene rings is 2. The number of hydrogen-bond acceptors (Lipinski definition) is 8. The van der Waals surface area contributed by atoms with Crippen molar-refractivity contribution in [2.75, 3.05) is 0 Å².